The fourth-order valence-corrected chi connectivity index (χ4v) is 1.64. The zero-order valence-electron chi connectivity index (χ0n) is 8.28. The van der Waals surface area contributed by atoms with Gasteiger partial charge in [0.2, 0.25) is 0 Å². The second-order valence-corrected chi connectivity index (χ2v) is 3.41. The first kappa shape index (κ1) is 10.8. The Morgan fingerprint density at radius 3 is 3.00 bits per heavy atom. The third kappa shape index (κ3) is 3.24. The first-order valence-corrected chi connectivity index (χ1v) is 4.98. The highest BCUT2D eigenvalue weighted by Gasteiger charge is 2.19. The summed E-state index contributed by atoms with van der Waals surface area (Å²) in [5.41, 5.74) is 0. The predicted octanol–water partition coefficient (Wildman–Crippen LogP) is 2.27. The first-order chi connectivity index (χ1) is 6.88. The Labute approximate surface area is 85.6 Å². The largest absolute Gasteiger partial charge is 0.364 e. The van der Waals surface area contributed by atoms with Crippen LogP contribution in [0.4, 0.5) is 0 Å². The van der Waals surface area contributed by atoms with Gasteiger partial charge in [-0.25, -0.2) is 0 Å². The van der Waals surface area contributed by atoms with Crippen LogP contribution >= 0.6 is 0 Å². The van der Waals surface area contributed by atoms with Gasteiger partial charge >= 0.3 is 0 Å². The van der Waals surface area contributed by atoms with E-state index < -0.39 is 0 Å². The third-order valence-corrected chi connectivity index (χ3v) is 2.41. The second kappa shape index (κ2) is 6.24. The molecule has 0 aromatic heterocycles. The Hall–Kier alpha value is -1.25. The summed E-state index contributed by atoms with van der Waals surface area (Å²) in [6.45, 7) is 0.450. The molecule has 0 radical (unpaired) electrons. The monoisotopic (exact) mass is 189 g/mol. The molecule has 0 bridgehead atoms. The number of hydrogen-bond acceptors (Lipinski definition) is 2. The van der Waals surface area contributed by atoms with Crippen molar-refractivity contribution in [3.8, 4) is 18.4 Å². The van der Waals surface area contributed by atoms with Crippen LogP contribution in [-0.2, 0) is 4.74 Å². The van der Waals surface area contributed by atoms with Crippen LogP contribution in [0.1, 0.15) is 25.7 Å². The van der Waals surface area contributed by atoms with Crippen molar-refractivity contribution in [3.05, 3.63) is 12.2 Å². The molecule has 0 saturated carbocycles. The van der Waals surface area contributed by atoms with Crippen LogP contribution in [0.5, 0.6) is 0 Å². The average Bonchev–Trinajstić information content (AvgIpc) is 2.26. The minimum Gasteiger partial charge on any atom is -0.364 e. The molecule has 2 nitrogen and oxygen atoms in total. The lowest BCUT2D eigenvalue weighted by Gasteiger charge is -2.23. The van der Waals surface area contributed by atoms with Crippen LogP contribution in [-0.4, -0.2) is 12.7 Å². The van der Waals surface area contributed by atoms with E-state index in [2.05, 4.69) is 18.1 Å². The molecule has 14 heavy (non-hydrogen) atoms. The summed E-state index contributed by atoms with van der Waals surface area (Å²) in [5.74, 6) is 3.10. The SMILES string of the molecule is C#C[C@@H](OCCC#N)[C@H]1CC=CCC1. The van der Waals surface area contributed by atoms with E-state index in [0.29, 0.717) is 18.9 Å². The molecule has 0 saturated heterocycles. The fourth-order valence-electron chi connectivity index (χ4n) is 1.64. The van der Waals surface area contributed by atoms with Gasteiger partial charge in [-0.3, -0.25) is 0 Å². The quantitative estimate of drug-likeness (QED) is 0.386. The molecule has 0 N–H and O–H groups in total. The van der Waals surface area contributed by atoms with Crippen molar-refractivity contribution in [2.75, 3.05) is 6.61 Å². The van der Waals surface area contributed by atoms with Gasteiger partial charge in [-0.05, 0) is 19.3 Å². The zero-order valence-corrected chi connectivity index (χ0v) is 8.28. The van der Waals surface area contributed by atoms with Crippen LogP contribution < -0.4 is 0 Å². The number of nitrogens with zero attached hydrogens (tertiary/aromatic N) is 1. The van der Waals surface area contributed by atoms with E-state index in [-0.39, 0.29) is 6.10 Å². The number of hydrogen-bond donors (Lipinski definition) is 0. The van der Waals surface area contributed by atoms with E-state index in [1.807, 2.05) is 6.07 Å². The van der Waals surface area contributed by atoms with Gasteiger partial charge in [0.1, 0.15) is 6.10 Å². The van der Waals surface area contributed by atoms with Gasteiger partial charge in [0.15, 0.2) is 0 Å². The van der Waals surface area contributed by atoms with E-state index >= 15 is 0 Å². The lowest BCUT2D eigenvalue weighted by Crippen LogP contribution is -2.23. The maximum atomic E-state index is 8.37. The highest BCUT2D eigenvalue weighted by atomic mass is 16.5. The maximum absolute atomic E-state index is 8.37. The van der Waals surface area contributed by atoms with E-state index in [0.717, 1.165) is 19.3 Å². The van der Waals surface area contributed by atoms with E-state index in [1.165, 1.54) is 0 Å². The molecule has 1 aliphatic carbocycles. The molecule has 2 heteroatoms. The lowest BCUT2D eigenvalue weighted by atomic mass is 9.89. The highest BCUT2D eigenvalue weighted by molar-refractivity contribution is 5.03. The summed E-state index contributed by atoms with van der Waals surface area (Å²) in [4.78, 5) is 0. The number of allylic oxidation sites excluding steroid dienone is 2. The topological polar surface area (TPSA) is 33.0 Å². The second-order valence-electron chi connectivity index (χ2n) is 3.41. The number of rotatable bonds is 4. The molecule has 0 heterocycles. The number of terminal acetylenes is 1. The van der Waals surface area contributed by atoms with Crippen molar-refractivity contribution >= 4 is 0 Å². The van der Waals surface area contributed by atoms with E-state index in [1.54, 1.807) is 0 Å². The Kier molecular flexibility index (Phi) is 4.83. The van der Waals surface area contributed by atoms with Crippen molar-refractivity contribution in [2.24, 2.45) is 5.92 Å². The van der Waals surface area contributed by atoms with Crippen molar-refractivity contribution in [1.29, 1.82) is 5.26 Å². The van der Waals surface area contributed by atoms with Crippen molar-refractivity contribution in [2.45, 2.75) is 31.8 Å². The molecule has 0 spiro atoms. The average molecular weight is 189 g/mol. The Bertz CT molecular complexity index is 269. The minimum absolute atomic E-state index is 0.117. The van der Waals surface area contributed by atoms with Crippen LogP contribution in [0.2, 0.25) is 0 Å². The normalized spacial score (nSPS) is 22.3. The lowest BCUT2D eigenvalue weighted by molar-refractivity contribution is 0.0516. The summed E-state index contributed by atoms with van der Waals surface area (Å²) in [7, 11) is 0. The standard InChI is InChI=1S/C12H15NO/c1-2-12(14-10-6-9-13)11-7-4-3-5-8-11/h1,3-4,11-12H,5-8,10H2/t11-,12+/m0/s1. The molecular weight excluding hydrogens is 174 g/mol. The molecule has 0 amide bonds. The Balaban J connectivity index is 2.34. The van der Waals surface area contributed by atoms with Crippen LogP contribution in [0.3, 0.4) is 0 Å². The van der Waals surface area contributed by atoms with Gasteiger partial charge in [0.05, 0.1) is 19.1 Å². The molecule has 1 rings (SSSR count). The molecule has 0 fully saturated rings. The summed E-state index contributed by atoms with van der Waals surface area (Å²) in [6.07, 6.45) is 13.2. The number of ether oxygens (including phenoxy) is 1. The van der Waals surface area contributed by atoms with Gasteiger partial charge in [0, 0.05) is 5.92 Å². The summed E-state index contributed by atoms with van der Waals surface area (Å²) in [5, 5.41) is 8.37. The van der Waals surface area contributed by atoms with Crippen molar-refractivity contribution in [3.63, 3.8) is 0 Å². The smallest absolute Gasteiger partial charge is 0.121 e. The summed E-state index contributed by atoms with van der Waals surface area (Å²) < 4.78 is 5.48. The maximum Gasteiger partial charge on any atom is 0.121 e. The first-order valence-electron chi connectivity index (χ1n) is 4.98. The fraction of sp³-hybridized carbons (Fsp3) is 0.583. The molecule has 74 valence electrons. The van der Waals surface area contributed by atoms with Crippen molar-refractivity contribution < 1.29 is 4.74 Å². The van der Waals surface area contributed by atoms with Crippen LogP contribution in [0, 0.1) is 29.6 Å². The molecule has 0 aromatic carbocycles. The summed E-state index contributed by atoms with van der Waals surface area (Å²) in [6, 6.07) is 2.04. The number of nitriles is 1. The molecule has 0 aliphatic heterocycles. The van der Waals surface area contributed by atoms with Gasteiger partial charge in [-0.15, -0.1) is 6.42 Å². The van der Waals surface area contributed by atoms with Gasteiger partial charge in [0.25, 0.3) is 0 Å². The van der Waals surface area contributed by atoms with Gasteiger partial charge in [-0.2, -0.15) is 5.26 Å². The molecule has 1 aliphatic rings. The molecule has 2 atom stereocenters. The third-order valence-electron chi connectivity index (χ3n) is 2.41. The Morgan fingerprint density at radius 2 is 2.43 bits per heavy atom. The van der Waals surface area contributed by atoms with Crippen LogP contribution in [0.15, 0.2) is 12.2 Å². The van der Waals surface area contributed by atoms with E-state index in [9.17, 15) is 0 Å². The Morgan fingerprint density at radius 1 is 1.57 bits per heavy atom. The van der Waals surface area contributed by atoms with Crippen molar-refractivity contribution in [1.82, 2.24) is 0 Å². The van der Waals surface area contributed by atoms with E-state index in [4.69, 9.17) is 16.4 Å². The molecular formula is C12H15NO. The predicted molar refractivity (Wildman–Crippen MR) is 55.3 cm³/mol. The zero-order chi connectivity index (χ0) is 10.2. The highest BCUT2D eigenvalue weighted by Crippen LogP contribution is 2.23. The molecule has 0 unspecified atom stereocenters. The summed E-state index contributed by atoms with van der Waals surface area (Å²) >= 11 is 0. The van der Waals surface area contributed by atoms with Crippen LogP contribution in [0.25, 0.3) is 0 Å². The van der Waals surface area contributed by atoms with Gasteiger partial charge in [-0.1, -0.05) is 18.1 Å². The minimum atomic E-state index is -0.117. The van der Waals surface area contributed by atoms with Gasteiger partial charge < -0.3 is 4.74 Å². The molecule has 0 aromatic rings.